The Bertz CT molecular complexity index is 1160. The number of benzene rings is 2. The maximum Gasteiger partial charge on any atom is 0.124 e. The molecule has 3 heterocycles. The van der Waals surface area contributed by atoms with Gasteiger partial charge in [0.25, 0.3) is 0 Å². The van der Waals surface area contributed by atoms with Crippen molar-refractivity contribution >= 4 is 22.3 Å². The molecule has 158 valence electrons. The van der Waals surface area contributed by atoms with Gasteiger partial charge >= 0.3 is 0 Å². The number of fused-ring (bicyclic) bond motifs is 1. The maximum absolute atomic E-state index is 5.44. The van der Waals surface area contributed by atoms with E-state index < -0.39 is 0 Å². The van der Waals surface area contributed by atoms with Gasteiger partial charge in [0.1, 0.15) is 11.5 Å². The van der Waals surface area contributed by atoms with Gasteiger partial charge in [-0.15, -0.1) is 0 Å². The second kappa shape index (κ2) is 8.18. The van der Waals surface area contributed by atoms with E-state index in [4.69, 9.17) is 9.47 Å². The molecule has 0 amide bonds. The zero-order valence-corrected chi connectivity index (χ0v) is 17.7. The molecular formula is C24H25N5O2. The van der Waals surface area contributed by atoms with Gasteiger partial charge in [0.15, 0.2) is 0 Å². The highest BCUT2D eigenvalue weighted by Gasteiger charge is 2.20. The summed E-state index contributed by atoms with van der Waals surface area (Å²) in [4.78, 5) is 9.39. The third kappa shape index (κ3) is 3.74. The Morgan fingerprint density at radius 3 is 2.26 bits per heavy atom. The van der Waals surface area contributed by atoms with Crippen molar-refractivity contribution in [2.45, 2.75) is 0 Å². The number of H-pyrrole nitrogens is 1. The first kappa shape index (κ1) is 19.2. The lowest BCUT2D eigenvalue weighted by molar-refractivity contribution is 0.394. The quantitative estimate of drug-likeness (QED) is 0.532. The lowest BCUT2D eigenvalue weighted by atomic mass is 10.0. The molecule has 4 aromatic rings. The zero-order chi connectivity index (χ0) is 21.2. The number of hydrogen-bond acceptors (Lipinski definition) is 6. The van der Waals surface area contributed by atoms with E-state index in [2.05, 4.69) is 61.4 Å². The summed E-state index contributed by atoms with van der Waals surface area (Å²) in [6.07, 6.45) is 5.66. The van der Waals surface area contributed by atoms with Crippen LogP contribution in [0.4, 0.5) is 11.4 Å². The first-order valence-corrected chi connectivity index (χ1v) is 10.4. The lowest BCUT2D eigenvalue weighted by Crippen LogP contribution is -2.46. The Hall–Kier alpha value is -3.74. The fourth-order valence-corrected chi connectivity index (χ4v) is 4.18. The standard InChI is InChI=1S/C24H25N5O2/c1-30-20-12-19(13-21(14-20)31-2)28-7-9-29(10-8-28)24-5-6-25-23-4-3-17(11-22(23)24)18-15-26-27-16-18/h3-6,11-16H,7-10H2,1-2H3,(H,26,27). The predicted molar refractivity (Wildman–Crippen MR) is 123 cm³/mol. The minimum Gasteiger partial charge on any atom is -0.497 e. The molecule has 0 radical (unpaired) electrons. The number of methoxy groups -OCH3 is 2. The van der Waals surface area contributed by atoms with Crippen molar-refractivity contribution in [1.82, 2.24) is 15.2 Å². The summed E-state index contributed by atoms with van der Waals surface area (Å²) < 4.78 is 10.9. The summed E-state index contributed by atoms with van der Waals surface area (Å²) in [7, 11) is 3.37. The smallest absolute Gasteiger partial charge is 0.124 e. The molecule has 5 rings (SSSR count). The molecule has 2 aromatic heterocycles. The summed E-state index contributed by atoms with van der Waals surface area (Å²) >= 11 is 0. The number of aromatic nitrogens is 3. The van der Waals surface area contributed by atoms with Crippen molar-refractivity contribution in [2.24, 2.45) is 0 Å². The Morgan fingerprint density at radius 1 is 0.839 bits per heavy atom. The third-order valence-electron chi connectivity index (χ3n) is 5.87. The largest absolute Gasteiger partial charge is 0.497 e. The molecule has 1 N–H and O–H groups in total. The van der Waals surface area contributed by atoms with Crippen LogP contribution < -0.4 is 19.3 Å². The second-order valence-corrected chi connectivity index (χ2v) is 7.59. The van der Waals surface area contributed by atoms with E-state index >= 15 is 0 Å². The van der Waals surface area contributed by atoms with E-state index in [0.717, 1.165) is 65.4 Å². The third-order valence-corrected chi connectivity index (χ3v) is 5.87. The van der Waals surface area contributed by atoms with Crippen LogP contribution in [-0.2, 0) is 0 Å². The molecule has 2 aromatic carbocycles. The van der Waals surface area contributed by atoms with Crippen molar-refractivity contribution in [3.05, 3.63) is 61.1 Å². The van der Waals surface area contributed by atoms with Gasteiger partial charge in [-0.3, -0.25) is 10.1 Å². The van der Waals surface area contributed by atoms with Crippen molar-refractivity contribution in [3.8, 4) is 22.6 Å². The van der Waals surface area contributed by atoms with Crippen LogP contribution in [0.3, 0.4) is 0 Å². The molecule has 0 saturated carbocycles. The fraction of sp³-hybridized carbons (Fsp3) is 0.250. The predicted octanol–water partition coefficient (Wildman–Crippen LogP) is 3.97. The Balaban J connectivity index is 1.40. The van der Waals surface area contributed by atoms with Crippen molar-refractivity contribution in [2.75, 3.05) is 50.2 Å². The number of piperazine rings is 1. The molecule has 0 spiro atoms. The minimum absolute atomic E-state index is 0.809. The first-order chi connectivity index (χ1) is 15.2. The molecule has 0 bridgehead atoms. The summed E-state index contributed by atoms with van der Waals surface area (Å²) in [5.74, 6) is 1.62. The number of ether oxygens (including phenoxy) is 2. The molecular weight excluding hydrogens is 390 g/mol. The molecule has 7 heteroatoms. The molecule has 0 atom stereocenters. The lowest BCUT2D eigenvalue weighted by Gasteiger charge is -2.38. The topological polar surface area (TPSA) is 66.5 Å². The van der Waals surface area contributed by atoms with E-state index in [9.17, 15) is 0 Å². The number of hydrogen-bond donors (Lipinski definition) is 1. The Kier molecular flexibility index (Phi) is 5.08. The van der Waals surface area contributed by atoms with Crippen molar-refractivity contribution in [3.63, 3.8) is 0 Å². The normalized spacial score (nSPS) is 14.1. The molecule has 0 aliphatic carbocycles. The summed E-state index contributed by atoms with van der Waals surface area (Å²) in [6, 6.07) is 14.5. The first-order valence-electron chi connectivity index (χ1n) is 10.4. The molecule has 1 fully saturated rings. The minimum atomic E-state index is 0.809. The maximum atomic E-state index is 5.44. The van der Waals surface area contributed by atoms with Gasteiger partial charge in [0.05, 0.1) is 25.9 Å². The van der Waals surface area contributed by atoms with Crippen molar-refractivity contribution < 1.29 is 9.47 Å². The van der Waals surface area contributed by atoms with Gasteiger partial charge in [-0.2, -0.15) is 5.10 Å². The molecule has 1 saturated heterocycles. The Morgan fingerprint density at radius 2 is 1.58 bits per heavy atom. The van der Waals surface area contributed by atoms with E-state index in [1.54, 1.807) is 14.2 Å². The van der Waals surface area contributed by atoms with Crippen LogP contribution in [0.5, 0.6) is 11.5 Å². The van der Waals surface area contributed by atoms with E-state index in [-0.39, 0.29) is 0 Å². The number of pyridine rings is 1. The van der Waals surface area contributed by atoms with Gasteiger partial charge in [0.2, 0.25) is 0 Å². The highest BCUT2D eigenvalue weighted by Crippen LogP contribution is 2.32. The van der Waals surface area contributed by atoms with E-state index in [0.29, 0.717) is 0 Å². The average molecular weight is 415 g/mol. The van der Waals surface area contributed by atoms with Crippen LogP contribution in [0, 0.1) is 0 Å². The zero-order valence-electron chi connectivity index (χ0n) is 17.7. The highest BCUT2D eigenvalue weighted by molar-refractivity contribution is 5.94. The molecule has 1 aliphatic rings. The number of nitrogens with zero attached hydrogens (tertiary/aromatic N) is 4. The number of aromatic amines is 1. The number of nitrogens with one attached hydrogen (secondary N) is 1. The highest BCUT2D eigenvalue weighted by atomic mass is 16.5. The summed E-state index contributed by atoms with van der Waals surface area (Å²) in [6.45, 7) is 3.69. The van der Waals surface area contributed by atoms with Crippen LogP contribution in [0.15, 0.2) is 61.1 Å². The van der Waals surface area contributed by atoms with Gasteiger partial charge in [-0.1, -0.05) is 6.07 Å². The molecule has 7 nitrogen and oxygen atoms in total. The monoisotopic (exact) mass is 415 g/mol. The summed E-state index contributed by atoms with van der Waals surface area (Å²) in [5.41, 5.74) is 5.56. The van der Waals surface area contributed by atoms with Gasteiger partial charge in [-0.25, -0.2) is 0 Å². The number of rotatable bonds is 5. The average Bonchev–Trinajstić information content (AvgIpc) is 3.38. The SMILES string of the molecule is COc1cc(OC)cc(N2CCN(c3ccnc4ccc(-c5cn[nH]c5)cc34)CC2)c1. The van der Waals surface area contributed by atoms with Crippen molar-refractivity contribution in [1.29, 1.82) is 0 Å². The van der Waals surface area contributed by atoms with Crippen LogP contribution >= 0.6 is 0 Å². The van der Waals surface area contributed by atoms with Crippen LogP contribution in [0.1, 0.15) is 0 Å². The fourth-order valence-electron chi connectivity index (χ4n) is 4.18. The number of anilines is 2. The molecule has 1 aliphatic heterocycles. The molecule has 0 unspecified atom stereocenters. The van der Waals surface area contributed by atoms with Crippen LogP contribution in [0.2, 0.25) is 0 Å². The summed E-state index contributed by atoms with van der Waals surface area (Å²) in [5, 5.41) is 8.13. The van der Waals surface area contributed by atoms with Gasteiger partial charge < -0.3 is 19.3 Å². The Labute approximate surface area is 181 Å². The van der Waals surface area contributed by atoms with E-state index in [1.165, 1.54) is 5.69 Å². The van der Waals surface area contributed by atoms with Gasteiger partial charge in [0, 0.05) is 79.1 Å². The van der Waals surface area contributed by atoms with Crippen LogP contribution in [-0.4, -0.2) is 55.6 Å². The second-order valence-electron chi connectivity index (χ2n) is 7.59. The van der Waals surface area contributed by atoms with Gasteiger partial charge in [-0.05, 0) is 23.8 Å². The van der Waals surface area contributed by atoms with E-state index in [1.807, 2.05) is 24.7 Å². The van der Waals surface area contributed by atoms with Crippen LogP contribution in [0.25, 0.3) is 22.0 Å². The molecule has 31 heavy (non-hydrogen) atoms.